The van der Waals surface area contributed by atoms with E-state index in [9.17, 15) is 10.2 Å². The molecule has 2 heteroatoms. The van der Waals surface area contributed by atoms with E-state index >= 15 is 0 Å². The Morgan fingerprint density at radius 1 is 1.11 bits per heavy atom. The third-order valence-corrected chi connectivity index (χ3v) is 3.83. The minimum Gasteiger partial charge on any atom is -0.391 e. The SMILES string of the molecule is Cc1ccc(C(C)(C)C)cc1C(C)CC(O)C(C)O. The quantitative estimate of drug-likeness (QED) is 0.873. The lowest BCUT2D eigenvalue weighted by molar-refractivity contribution is 0.0227. The van der Waals surface area contributed by atoms with Crippen LogP contribution in [0, 0.1) is 6.92 Å². The van der Waals surface area contributed by atoms with E-state index in [2.05, 4.69) is 52.8 Å². The first kappa shape index (κ1) is 16.2. The number of benzene rings is 1. The molecule has 3 unspecified atom stereocenters. The van der Waals surface area contributed by atoms with Gasteiger partial charge in [-0.2, -0.15) is 0 Å². The Morgan fingerprint density at radius 3 is 2.16 bits per heavy atom. The molecular formula is C17H28O2. The highest BCUT2D eigenvalue weighted by atomic mass is 16.3. The van der Waals surface area contributed by atoms with Gasteiger partial charge in [0.25, 0.3) is 0 Å². The molecule has 108 valence electrons. The van der Waals surface area contributed by atoms with E-state index in [1.54, 1.807) is 6.92 Å². The average Bonchev–Trinajstić information content (AvgIpc) is 2.27. The van der Waals surface area contributed by atoms with Crippen LogP contribution < -0.4 is 0 Å². The second-order valence-electron chi connectivity index (χ2n) is 6.77. The fraction of sp³-hybridized carbons (Fsp3) is 0.647. The number of hydrogen-bond donors (Lipinski definition) is 2. The zero-order valence-electron chi connectivity index (χ0n) is 13.1. The first-order valence-electron chi connectivity index (χ1n) is 7.10. The lowest BCUT2D eigenvalue weighted by atomic mass is 9.82. The average molecular weight is 264 g/mol. The van der Waals surface area contributed by atoms with Crippen LogP contribution in [0.15, 0.2) is 18.2 Å². The number of aliphatic hydroxyl groups is 2. The Morgan fingerprint density at radius 2 is 1.68 bits per heavy atom. The molecule has 1 rings (SSSR count). The molecule has 0 radical (unpaired) electrons. The Labute approximate surface area is 117 Å². The number of aryl methyl sites for hydroxylation is 1. The maximum absolute atomic E-state index is 9.83. The van der Waals surface area contributed by atoms with Crippen LogP contribution in [0.2, 0.25) is 0 Å². The first-order chi connectivity index (χ1) is 8.62. The lowest BCUT2D eigenvalue weighted by Crippen LogP contribution is -2.24. The van der Waals surface area contributed by atoms with E-state index in [1.807, 2.05) is 0 Å². The predicted octanol–water partition coefficient (Wildman–Crippen LogP) is 3.53. The molecule has 0 heterocycles. The van der Waals surface area contributed by atoms with Crippen molar-refractivity contribution in [1.29, 1.82) is 0 Å². The molecule has 19 heavy (non-hydrogen) atoms. The summed E-state index contributed by atoms with van der Waals surface area (Å²) in [7, 11) is 0. The Bertz CT molecular complexity index is 416. The van der Waals surface area contributed by atoms with Gasteiger partial charge in [0.15, 0.2) is 0 Å². The van der Waals surface area contributed by atoms with Crippen molar-refractivity contribution in [1.82, 2.24) is 0 Å². The van der Waals surface area contributed by atoms with E-state index < -0.39 is 12.2 Å². The third-order valence-electron chi connectivity index (χ3n) is 3.83. The minimum atomic E-state index is -0.673. The molecule has 0 bridgehead atoms. The molecule has 0 aliphatic carbocycles. The summed E-state index contributed by atoms with van der Waals surface area (Å²) in [5.74, 6) is 0.242. The van der Waals surface area contributed by atoms with Gasteiger partial charge >= 0.3 is 0 Å². The maximum atomic E-state index is 9.83. The van der Waals surface area contributed by atoms with Crippen LogP contribution in [0.5, 0.6) is 0 Å². The number of hydrogen-bond acceptors (Lipinski definition) is 2. The van der Waals surface area contributed by atoms with Crippen molar-refractivity contribution >= 4 is 0 Å². The van der Waals surface area contributed by atoms with Crippen LogP contribution in [0.1, 0.15) is 63.6 Å². The van der Waals surface area contributed by atoms with E-state index in [4.69, 9.17) is 0 Å². The molecular weight excluding hydrogens is 236 g/mol. The molecule has 0 fully saturated rings. The van der Waals surface area contributed by atoms with Crippen molar-refractivity contribution in [2.75, 3.05) is 0 Å². The van der Waals surface area contributed by atoms with E-state index in [-0.39, 0.29) is 11.3 Å². The third kappa shape index (κ3) is 4.32. The molecule has 0 aliphatic heterocycles. The molecule has 3 atom stereocenters. The topological polar surface area (TPSA) is 40.5 Å². The lowest BCUT2D eigenvalue weighted by Gasteiger charge is -2.24. The highest BCUT2D eigenvalue weighted by molar-refractivity contribution is 5.36. The van der Waals surface area contributed by atoms with Gasteiger partial charge in [-0.1, -0.05) is 45.9 Å². The standard InChI is InChI=1S/C17H28O2/c1-11-7-8-14(17(4,5)6)10-15(11)12(2)9-16(19)13(3)18/h7-8,10,12-13,16,18-19H,9H2,1-6H3. The number of aliphatic hydroxyl groups excluding tert-OH is 2. The highest BCUT2D eigenvalue weighted by Gasteiger charge is 2.20. The van der Waals surface area contributed by atoms with Gasteiger partial charge in [-0.05, 0) is 48.3 Å². The summed E-state index contributed by atoms with van der Waals surface area (Å²) < 4.78 is 0. The van der Waals surface area contributed by atoms with Crippen LogP contribution in [-0.2, 0) is 5.41 Å². The minimum absolute atomic E-state index is 0.130. The van der Waals surface area contributed by atoms with E-state index in [0.29, 0.717) is 6.42 Å². The second kappa shape index (κ2) is 6.06. The normalized spacial score (nSPS) is 17.1. The van der Waals surface area contributed by atoms with Crippen molar-refractivity contribution in [3.05, 3.63) is 34.9 Å². The Hall–Kier alpha value is -0.860. The van der Waals surface area contributed by atoms with Crippen LogP contribution in [0.25, 0.3) is 0 Å². The van der Waals surface area contributed by atoms with Crippen molar-refractivity contribution in [2.45, 2.75) is 71.5 Å². The van der Waals surface area contributed by atoms with Gasteiger partial charge in [-0.25, -0.2) is 0 Å². The summed E-state index contributed by atoms with van der Waals surface area (Å²) >= 11 is 0. The van der Waals surface area contributed by atoms with Gasteiger partial charge in [0, 0.05) is 0 Å². The molecule has 2 nitrogen and oxygen atoms in total. The van der Waals surface area contributed by atoms with Gasteiger partial charge in [0.2, 0.25) is 0 Å². The van der Waals surface area contributed by atoms with Crippen molar-refractivity contribution in [3.63, 3.8) is 0 Å². The van der Waals surface area contributed by atoms with Crippen molar-refractivity contribution in [2.24, 2.45) is 0 Å². The molecule has 0 amide bonds. The number of rotatable bonds is 4. The molecule has 1 aromatic rings. The summed E-state index contributed by atoms with van der Waals surface area (Å²) in [6.07, 6.45) is -0.743. The molecule has 2 N–H and O–H groups in total. The molecule has 0 aromatic heterocycles. The molecule has 1 aromatic carbocycles. The van der Waals surface area contributed by atoms with E-state index in [1.165, 1.54) is 16.7 Å². The van der Waals surface area contributed by atoms with Crippen LogP contribution >= 0.6 is 0 Å². The van der Waals surface area contributed by atoms with Gasteiger partial charge in [-0.3, -0.25) is 0 Å². The summed E-state index contributed by atoms with van der Waals surface area (Å²) in [5, 5.41) is 19.2. The highest BCUT2D eigenvalue weighted by Crippen LogP contribution is 2.30. The summed E-state index contributed by atoms with van der Waals surface area (Å²) in [5.41, 5.74) is 3.96. The second-order valence-corrected chi connectivity index (χ2v) is 6.77. The Balaban J connectivity index is 2.99. The van der Waals surface area contributed by atoms with Crippen molar-refractivity contribution in [3.8, 4) is 0 Å². The summed E-state index contributed by atoms with van der Waals surface area (Å²) in [6, 6.07) is 6.58. The fourth-order valence-electron chi connectivity index (χ4n) is 2.32. The van der Waals surface area contributed by atoms with Gasteiger partial charge in [-0.15, -0.1) is 0 Å². The summed E-state index contributed by atoms with van der Waals surface area (Å²) in [6.45, 7) is 12.5. The van der Waals surface area contributed by atoms with Gasteiger partial charge < -0.3 is 10.2 Å². The molecule has 0 saturated carbocycles. The maximum Gasteiger partial charge on any atom is 0.0802 e. The summed E-state index contributed by atoms with van der Waals surface area (Å²) in [4.78, 5) is 0. The molecule has 0 spiro atoms. The molecule has 0 aliphatic rings. The predicted molar refractivity (Wildman–Crippen MR) is 80.6 cm³/mol. The monoisotopic (exact) mass is 264 g/mol. The Kier molecular flexibility index (Phi) is 5.17. The van der Waals surface area contributed by atoms with E-state index in [0.717, 1.165) is 0 Å². The molecule has 0 saturated heterocycles. The zero-order chi connectivity index (χ0) is 14.8. The van der Waals surface area contributed by atoms with Crippen LogP contribution in [-0.4, -0.2) is 22.4 Å². The largest absolute Gasteiger partial charge is 0.391 e. The van der Waals surface area contributed by atoms with Crippen LogP contribution in [0.3, 0.4) is 0 Å². The fourth-order valence-corrected chi connectivity index (χ4v) is 2.32. The van der Waals surface area contributed by atoms with Crippen molar-refractivity contribution < 1.29 is 10.2 Å². The van der Waals surface area contributed by atoms with Gasteiger partial charge in [0.05, 0.1) is 12.2 Å². The first-order valence-corrected chi connectivity index (χ1v) is 7.10. The van der Waals surface area contributed by atoms with Crippen LogP contribution in [0.4, 0.5) is 0 Å². The van der Waals surface area contributed by atoms with Gasteiger partial charge in [0.1, 0.15) is 0 Å². The zero-order valence-corrected chi connectivity index (χ0v) is 13.1. The smallest absolute Gasteiger partial charge is 0.0802 e.